The lowest BCUT2D eigenvalue weighted by Gasteiger charge is -2.25. The Kier molecular flexibility index (Phi) is 2.58. The number of hydrogen-bond donors (Lipinski definition) is 1. The van der Waals surface area contributed by atoms with Gasteiger partial charge in [0.25, 0.3) is 0 Å². The summed E-state index contributed by atoms with van der Waals surface area (Å²) in [5.41, 5.74) is 6.26. The van der Waals surface area contributed by atoms with E-state index in [1.54, 1.807) is 0 Å². The van der Waals surface area contributed by atoms with Crippen LogP contribution in [0.4, 0.5) is 0 Å². The van der Waals surface area contributed by atoms with Crippen LogP contribution >= 0.6 is 0 Å². The number of nitrogens with zero attached hydrogens (tertiary/aromatic N) is 1. The van der Waals surface area contributed by atoms with Crippen LogP contribution in [0.15, 0.2) is 0 Å². The fourth-order valence-corrected chi connectivity index (χ4v) is 2.98. The Morgan fingerprint density at radius 1 is 1.50 bits per heavy atom. The molecule has 2 rings (SSSR count). The summed E-state index contributed by atoms with van der Waals surface area (Å²) in [6.07, 6.45) is 0. The molecule has 2 unspecified atom stereocenters. The van der Waals surface area contributed by atoms with Crippen LogP contribution in [0.2, 0.25) is 0 Å². The summed E-state index contributed by atoms with van der Waals surface area (Å²) in [7, 11) is 0. The molecular weight excluding hydrogens is 176 g/mol. The minimum absolute atomic E-state index is 0.269. The van der Waals surface area contributed by atoms with E-state index in [2.05, 4.69) is 25.7 Å². The van der Waals surface area contributed by atoms with Crippen LogP contribution in [0.25, 0.3) is 0 Å². The molecule has 0 amide bonds. The summed E-state index contributed by atoms with van der Waals surface area (Å²) in [5.74, 6) is 0.709. The molecule has 0 aromatic heterocycles. The second kappa shape index (κ2) is 3.47. The Bertz CT molecular complexity index is 215. The van der Waals surface area contributed by atoms with Gasteiger partial charge >= 0.3 is 0 Å². The number of hydrogen-bond acceptors (Lipinski definition) is 3. The highest BCUT2D eigenvalue weighted by atomic mass is 16.5. The average Bonchev–Trinajstić information content (AvgIpc) is 2.55. The van der Waals surface area contributed by atoms with Crippen LogP contribution in [0, 0.1) is 11.3 Å². The van der Waals surface area contributed by atoms with Crippen LogP contribution in [0.1, 0.15) is 20.8 Å². The molecule has 0 spiro atoms. The lowest BCUT2D eigenvalue weighted by Crippen LogP contribution is -2.40. The standard InChI is InChI=1S/C11H22N2O/c1-8(12)4-13-7-11(2,3)9-5-14-6-10(9)13/h8-10H,4-7,12H2,1-3H3/t8-,9?,10?/m1/s1. The van der Waals surface area contributed by atoms with Gasteiger partial charge in [-0.1, -0.05) is 13.8 Å². The molecule has 2 fully saturated rings. The SMILES string of the molecule is C[C@@H](N)CN1CC(C)(C)C2COCC21. The van der Waals surface area contributed by atoms with Crippen LogP contribution in [0.3, 0.4) is 0 Å². The number of rotatable bonds is 2. The van der Waals surface area contributed by atoms with Gasteiger partial charge in [-0.25, -0.2) is 0 Å². The third kappa shape index (κ3) is 1.69. The predicted octanol–water partition coefficient (Wildman–Crippen LogP) is 0.690. The molecule has 0 saturated carbocycles. The quantitative estimate of drug-likeness (QED) is 0.709. The van der Waals surface area contributed by atoms with Gasteiger partial charge in [0.2, 0.25) is 0 Å². The molecule has 2 N–H and O–H groups in total. The fourth-order valence-electron chi connectivity index (χ4n) is 2.98. The first-order valence-electron chi connectivity index (χ1n) is 5.58. The molecule has 3 atom stereocenters. The van der Waals surface area contributed by atoms with Gasteiger partial charge in [-0.15, -0.1) is 0 Å². The summed E-state index contributed by atoms with van der Waals surface area (Å²) in [5, 5.41) is 0. The second-order valence-electron chi connectivity index (χ2n) is 5.61. The van der Waals surface area contributed by atoms with Gasteiger partial charge in [-0.3, -0.25) is 4.90 Å². The van der Waals surface area contributed by atoms with E-state index in [1.165, 1.54) is 6.54 Å². The number of likely N-dealkylation sites (tertiary alicyclic amines) is 1. The second-order valence-corrected chi connectivity index (χ2v) is 5.61. The molecule has 2 aliphatic heterocycles. The minimum Gasteiger partial charge on any atom is -0.379 e. The molecule has 0 aliphatic carbocycles. The number of nitrogens with two attached hydrogens (primary N) is 1. The van der Waals surface area contributed by atoms with Crippen molar-refractivity contribution in [2.24, 2.45) is 17.1 Å². The average molecular weight is 198 g/mol. The maximum atomic E-state index is 5.86. The van der Waals surface area contributed by atoms with Gasteiger partial charge in [-0.05, 0) is 12.3 Å². The summed E-state index contributed by atoms with van der Waals surface area (Å²) in [4.78, 5) is 2.52. The monoisotopic (exact) mass is 198 g/mol. The van der Waals surface area contributed by atoms with E-state index in [9.17, 15) is 0 Å². The first-order valence-corrected chi connectivity index (χ1v) is 5.58. The molecule has 3 nitrogen and oxygen atoms in total. The molecule has 14 heavy (non-hydrogen) atoms. The van der Waals surface area contributed by atoms with Crippen molar-refractivity contribution in [3.63, 3.8) is 0 Å². The van der Waals surface area contributed by atoms with Crippen LogP contribution < -0.4 is 5.73 Å². The lowest BCUT2D eigenvalue weighted by atomic mass is 9.80. The van der Waals surface area contributed by atoms with Gasteiger partial charge in [0.05, 0.1) is 13.2 Å². The van der Waals surface area contributed by atoms with Crippen molar-refractivity contribution in [3.05, 3.63) is 0 Å². The van der Waals surface area contributed by atoms with Gasteiger partial charge in [-0.2, -0.15) is 0 Å². The molecule has 82 valence electrons. The Morgan fingerprint density at radius 2 is 2.21 bits per heavy atom. The zero-order valence-electron chi connectivity index (χ0n) is 9.49. The third-order valence-electron chi connectivity index (χ3n) is 3.66. The number of ether oxygens (including phenoxy) is 1. The number of fused-ring (bicyclic) bond motifs is 1. The van der Waals surface area contributed by atoms with Crippen molar-refractivity contribution in [2.75, 3.05) is 26.3 Å². The highest BCUT2D eigenvalue weighted by Gasteiger charge is 2.49. The molecule has 2 saturated heterocycles. The molecule has 0 aromatic carbocycles. The topological polar surface area (TPSA) is 38.5 Å². The van der Waals surface area contributed by atoms with E-state index in [-0.39, 0.29) is 6.04 Å². The smallest absolute Gasteiger partial charge is 0.0625 e. The van der Waals surface area contributed by atoms with Crippen LogP contribution in [0.5, 0.6) is 0 Å². The van der Waals surface area contributed by atoms with Crippen molar-refractivity contribution in [1.29, 1.82) is 0 Å². The largest absolute Gasteiger partial charge is 0.379 e. The zero-order valence-corrected chi connectivity index (χ0v) is 9.49. The summed E-state index contributed by atoms with van der Waals surface area (Å²) in [6.45, 7) is 10.8. The highest BCUT2D eigenvalue weighted by Crippen LogP contribution is 2.42. The molecule has 2 heterocycles. The van der Waals surface area contributed by atoms with Crippen LogP contribution in [-0.4, -0.2) is 43.3 Å². The molecule has 0 bridgehead atoms. The first-order chi connectivity index (χ1) is 6.50. The van der Waals surface area contributed by atoms with E-state index in [4.69, 9.17) is 10.5 Å². The van der Waals surface area contributed by atoms with Crippen molar-refractivity contribution in [3.8, 4) is 0 Å². The van der Waals surface area contributed by atoms with Crippen molar-refractivity contribution in [1.82, 2.24) is 4.90 Å². The zero-order chi connectivity index (χ0) is 10.3. The van der Waals surface area contributed by atoms with E-state index >= 15 is 0 Å². The van der Waals surface area contributed by atoms with Crippen LogP contribution in [-0.2, 0) is 4.74 Å². The maximum Gasteiger partial charge on any atom is 0.0625 e. The Balaban J connectivity index is 2.07. The normalized spacial score (nSPS) is 38.6. The molecular formula is C11H22N2O. The van der Waals surface area contributed by atoms with Gasteiger partial charge in [0.1, 0.15) is 0 Å². The maximum absolute atomic E-state index is 5.86. The Morgan fingerprint density at radius 3 is 2.86 bits per heavy atom. The van der Waals surface area contributed by atoms with Crippen molar-refractivity contribution < 1.29 is 4.74 Å². The van der Waals surface area contributed by atoms with E-state index in [1.807, 2.05) is 0 Å². The predicted molar refractivity (Wildman–Crippen MR) is 57.1 cm³/mol. The molecule has 0 aromatic rings. The van der Waals surface area contributed by atoms with Gasteiger partial charge in [0.15, 0.2) is 0 Å². The summed E-state index contributed by atoms with van der Waals surface area (Å²) >= 11 is 0. The van der Waals surface area contributed by atoms with Gasteiger partial charge < -0.3 is 10.5 Å². The fraction of sp³-hybridized carbons (Fsp3) is 1.00. The Hall–Kier alpha value is -0.120. The summed E-state index contributed by atoms with van der Waals surface area (Å²) < 4.78 is 5.58. The van der Waals surface area contributed by atoms with E-state index < -0.39 is 0 Å². The van der Waals surface area contributed by atoms with Crippen molar-refractivity contribution >= 4 is 0 Å². The van der Waals surface area contributed by atoms with Crippen molar-refractivity contribution in [2.45, 2.75) is 32.9 Å². The Labute approximate surface area is 86.6 Å². The molecule has 3 heteroatoms. The summed E-state index contributed by atoms with van der Waals surface area (Å²) in [6, 6.07) is 0.890. The third-order valence-corrected chi connectivity index (χ3v) is 3.66. The van der Waals surface area contributed by atoms with Gasteiger partial charge in [0, 0.05) is 31.1 Å². The molecule has 0 radical (unpaired) electrons. The minimum atomic E-state index is 0.269. The first kappa shape index (κ1) is 10.4. The highest BCUT2D eigenvalue weighted by molar-refractivity contribution is 5.01. The molecule has 2 aliphatic rings. The van der Waals surface area contributed by atoms with E-state index in [0.717, 1.165) is 19.8 Å². The lowest BCUT2D eigenvalue weighted by molar-refractivity contribution is 0.118. The van der Waals surface area contributed by atoms with E-state index in [0.29, 0.717) is 17.4 Å².